The van der Waals surface area contributed by atoms with E-state index in [0.717, 1.165) is 16.1 Å². The van der Waals surface area contributed by atoms with Crippen molar-refractivity contribution in [1.82, 2.24) is 5.32 Å². The van der Waals surface area contributed by atoms with Crippen molar-refractivity contribution >= 4 is 33.2 Å². The van der Waals surface area contributed by atoms with E-state index in [1.807, 2.05) is 37.3 Å². The lowest BCUT2D eigenvalue weighted by Gasteiger charge is -2.31. The quantitative estimate of drug-likeness (QED) is 0.699. The molecule has 1 N–H and O–H groups in total. The number of carbonyl (C=O) groups excluding carboxylic acids is 1. The van der Waals surface area contributed by atoms with Crippen LogP contribution in [0.15, 0.2) is 48.5 Å². The van der Waals surface area contributed by atoms with Crippen LogP contribution in [0.4, 0.5) is 5.69 Å². The monoisotopic (exact) mass is 424 g/mol. The van der Waals surface area contributed by atoms with Crippen LogP contribution in [0.3, 0.4) is 0 Å². The maximum Gasteiger partial charge on any atom is 0.244 e. The lowest BCUT2D eigenvalue weighted by atomic mass is 10.1. The molecule has 1 amide bonds. The second kappa shape index (κ2) is 9.30. The van der Waals surface area contributed by atoms with Crippen molar-refractivity contribution in [1.29, 1.82) is 0 Å². The molecule has 28 heavy (non-hydrogen) atoms. The van der Waals surface area contributed by atoms with Crippen LogP contribution in [-0.4, -0.2) is 33.7 Å². The minimum atomic E-state index is -3.74. The van der Waals surface area contributed by atoms with Gasteiger partial charge in [-0.3, -0.25) is 9.10 Å². The highest BCUT2D eigenvalue weighted by molar-refractivity contribution is 7.92. The van der Waals surface area contributed by atoms with E-state index in [4.69, 9.17) is 16.3 Å². The average Bonchev–Trinajstić information content (AvgIpc) is 2.65. The summed E-state index contributed by atoms with van der Waals surface area (Å²) in [7, 11) is -2.26. The first-order valence-corrected chi connectivity index (χ1v) is 11.1. The van der Waals surface area contributed by atoms with Crippen molar-refractivity contribution in [3.8, 4) is 5.75 Å². The Bertz CT molecular complexity index is 919. The average molecular weight is 425 g/mol. The van der Waals surface area contributed by atoms with Gasteiger partial charge in [0.2, 0.25) is 15.9 Å². The van der Waals surface area contributed by atoms with Crippen LogP contribution in [-0.2, 0) is 14.8 Å². The molecule has 0 saturated carbocycles. The van der Waals surface area contributed by atoms with Crippen molar-refractivity contribution in [2.45, 2.75) is 32.4 Å². The zero-order valence-electron chi connectivity index (χ0n) is 16.3. The Morgan fingerprint density at radius 2 is 1.86 bits per heavy atom. The Morgan fingerprint density at radius 1 is 1.21 bits per heavy atom. The molecule has 0 aromatic heterocycles. The molecule has 0 aliphatic heterocycles. The van der Waals surface area contributed by atoms with Crippen LogP contribution in [0.25, 0.3) is 0 Å². The lowest BCUT2D eigenvalue weighted by Crippen LogP contribution is -2.49. The maximum atomic E-state index is 13.0. The molecule has 0 radical (unpaired) electrons. The van der Waals surface area contributed by atoms with E-state index in [1.54, 1.807) is 19.1 Å². The van der Waals surface area contributed by atoms with E-state index in [9.17, 15) is 13.2 Å². The molecular weight excluding hydrogens is 400 g/mol. The van der Waals surface area contributed by atoms with Crippen LogP contribution in [0, 0.1) is 0 Å². The van der Waals surface area contributed by atoms with Crippen molar-refractivity contribution < 1.29 is 17.9 Å². The normalized spacial score (nSPS) is 13.5. The molecule has 0 fully saturated rings. The summed E-state index contributed by atoms with van der Waals surface area (Å²) in [5.74, 6) is 0.0466. The molecule has 1 unspecified atom stereocenters. The summed E-state index contributed by atoms with van der Waals surface area (Å²) in [5, 5.41) is 3.17. The van der Waals surface area contributed by atoms with E-state index >= 15 is 0 Å². The van der Waals surface area contributed by atoms with Crippen molar-refractivity contribution in [2.75, 3.05) is 17.7 Å². The largest absolute Gasteiger partial charge is 0.495 e. The van der Waals surface area contributed by atoms with E-state index < -0.39 is 16.1 Å². The minimum Gasteiger partial charge on any atom is -0.495 e. The van der Waals surface area contributed by atoms with Gasteiger partial charge in [-0.15, -0.1) is 0 Å². The Labute approximate surface area is 171 Å². The van der Waals surface area contributed by atoms with Crippen LogP contribution >= 0.6 is 11.6 Å². The number of methoxy groups -OCH3 is 1. The molecule has 0 heterocycles. The highest BCUT2D eigenvalue weighted by atomic mass is 35.5. The fourth-order valence-electron chi connectivity index (χ4n) is 2.99. The fourth-order valence-corrected chi connectivity index (χ4v) is 4.44. The third-order valence-electron chi connectivity index (χ3n) is 4.38. The van der Waals surface area contributed by atoms with Gasteiger partial charge in [-0.2, -0.15) is 0 Å². The van der Waals surface area contributed by atoms with E-state index in [2.05, 4.69) is 5.32 Å². The number of rotatable bonds is 8. The molecular formula is C20H25ClN2O4S. The first kappa shape index (κ1) is 22.0. The van der Waals surface area contributed by atoms with Gasteiger partial charge in [0, 0.05) is 0 Å². The number of nitrogens with zero attached hydrogens (tertiary/aromatic N) is 1. The molecule has 0 bridgehead atoms. The summed E-state index contributed by atoms with van der Waals surface area (Å²) in [6.45, 7) is 3.62. The number of sulfonamides is 1. The number of hydrogen-bond acceptors (Lipinski definition) is 4. The number of carbonyl (C=O) groups is 1. The lowest BCUT2D eigenvalue weighted by molar-refractivity contribution is -0.122. The highest BCUT2D eigenvalue weighted by Crippen LogP contribution is 2.32. The van der Waals surface area contributed by atoms with Gasteiger partial charge in [-0.1, -0.05) is 48.9 Å². The van der Waals surface area contributed by atoms with Gasteiger partial charge in [0.15, 0.2) is 0 Å². The second-order valence-corrected chi connectivity index (χ2v) is 8.71. The maximum absolute atomic E-state index is 13.0. The molecule has 2 rings (SSSR count). The van der Waals surface area contributed by atoms with Crippen LogP contribution in [0.2, 0.25) is 5.02 Å². The molecule has 0 spiro atoms. The Kier molecular flexibility index (Phi) is 7.32. The topological polar surface area (TPSA) is 75.7 Å². The number of nitrogens with one attached hydrogen (secondary N) is 1. The molecule has 2 aromatic carbocycles. The van der Waals surface area contributed by atoms with Crippen LogP contribution < -0.4 is 14.4 Å². The number of anilines is 1. The summed E-state index contributed by atoms with van der Waals surface area (Å²) < 4.78 is 31.3. The van der Waals surface area contributed by atoms with Gasteiger partial charge >= 0.3 is 0 Å². The molecule has 0 saturated heterocycles. The zero-order valence-corrected chi connectivity index (χ0v) is 17.9. The number of amides is 1. The fraction of sp³-hybridized carbons (Fsp3) is 0.350. The Hall–Kier alpha value is -2.25. The smallest absolute Gasteiger partial charge is 0.244 e. The molecule has 152 valence electrons. The van der Waals surface area contributed by atoms with Crippen LogP contribution in [0.1, 0.15) is 31.9 Å². The summed E-state index contributed by atoms with van der Waals surface area (Å²) >= 11 is 6.17. The van der Waals surface area contributed by atoms with E-state index in [-0.39, 0.29) is 17.0 Å². The van der Waals surface area contributed by atoms with Gasteiger partial charge < -0.3 is 10.1 Å². The summed E-state index contributed by atoms with van der Waals surface area (Å²) in [6.07, 6.45) is 1.37. The van der Waals surface area contributed by atoms with Gasteiger partial charge in [-0.05, 0) is 37.1 Å². The highest BCUT2D eigenvalue weighted by Gasteiger charge is 2.32. The van der Waals surface area contributed by atoms with Crippen LogP contribution in [0.5, 0.6) is 5.75 Å². The standard InChI is InChI=1S/C20H25ClN2O4S/c1-5-18(20(24)22-14(2)15-9-7-6-8-10-15)23(28(4,25)26)16-11-12-19(27-3)17(21)13-16/h6-14,18H,5H2,1-4H3,(H,22,24)/t14-,18?/m1/s1. The molecule has 8 heteroatoms. The summed E-state index contributed by atoms with van der Waals surface area (Å²) in [5.41, 5.74) is 1.24. The summed E-state index contributed by atoms with van der Waals surface area (Å²) in [6, 6.07) is 12.9. The summed E-state index contributed by atoms with van der Waals surface area (Å²) in [4.78, 5) is 13.0. The van der Waals surface area contributed by atoms with E-state index in [1.165, 1.54) is 13.2 Å². The van der Waals surface area contributed by atoms with Crippen molar-refractivity contribution in [2.24, 2.45) is 0 Å². The third kappa shape index (κ3) is 5.17. The van der Waals surface area contributed by atoms with Gasteiger partial charge in [0.25, 0.3) is 0 Å². The minimum absolute atomic E-state index is 0.261. The molecule has 0 aliphatic carbocycles. The Balaban J connectivity index is 2.35. The van der Waals surface area contributed by atoms with Gasteiger partial charge in [0.1, 0.15) is 11.8 Å². The number of benzene rings is 2. The SMILES string of the molecule is CCC(C(=O)N[C@H](C)c1ccccc1)N(c1ccc(OC)c(Cl)c1)S(C)(=O)=O. The first-order valence-electron chi connectivity index (χ1n) is 8.87. The zero-order chi connectivity index (χ0) is 20.9. The molecule has 6 nitrogen and oxygen atoms in total. The van der Waals surface area contributed by atoms with Crippen molar-refractivity contribution in [3.05, 3.63) is 59.1 Å². The number of hydrogen-bond donors (Lipinski definition) is 1. The molecule has 0 aliphatic rings. The second-order valence-electron chi connectivity index (χ2n) is 6.44. The van der Waals surface area contributed by atoms with Gasteiger partial charge in [-0.25, -0.2) is 8.42 Å². The predicted octanol–water partition coefficient (Wildman–Crippen LogP) is 3.77. The van der Waals surface area contributed by atoms with Gasteiger partial charge in [0.05, 0.1) is 30.1 Å². The first-order chi connectivity index (χ1) is 13.2. The molecule has 2 aromatic rings. The number of halogens is 1. The third-order valence-corrected chi connectivity index (χ3v) is 5.85. The van der Waals surface area contributed by atoms with E-state index in [0.29, 0.717) is 17.9 Å². The predicted molar refractivity (Wildman–Crippen MR) is 112 cm³/mol. The van der Waals surface area contributed by atoms with Crippen molar-refractivity contribution in [3.63, 3.8) is 0 Å². The Morgan fingerprint density at radius 3 is 2.36 bits per heavy atom. The number of ether oxygens (including phenoxy) is 1. The molecule has 2 atom stereocenters.